The summed E-state index contributed by atoms with van der Waals surface area (Å²) in [5, 5.41) is 36.3. The average Bonchev–Trinajstić information content (AvgIpc) is 2.88. The molecule has 1 aliphatic carbocycles. The molecule has 0 amide bonds. The molecule has 0 bridgehead atoms. The largest absolute Gasteiger partial charge is 0.612 e. The lowest BCUT2D eigenvalue weighted by Crippen LogP contribution is -2.40. The summed E-state index contributed by atoms with van der Waals surface area (Å²) in [7, 11) is 0. The first-order chi connectivity index (χ1) is 11.3. The lowest BCUT2D eigenvalue weighted by Gasteiger charge is -2.19. The number of aryl methyl sites for hydroxylation is 1. The predicted molar refractivity (Wildman–Crippen MR) is 79.0 cm³/mol. The molecule has 1 aromatic carbocycles. The smallest absolute Gasteiger partial charge is 0.329 e. The van der Waals surface area contributed by atoms with Crippen LogP contribution in [0.15, 0.2) is 28.9 Å². The minimum Gasteiger partial charge on any atom is -0.612 e. The molecule has 0 saturated carbocycles. The number of hydrogen-bond acceptors (Lipinski definition) is 6. The van der Waals surface area contributed by atoms with Crippen LogP contribution in [0.2, 0.25) is 0 Å². The van der Waals surface area contributed by atoms with Gasteiger partial charge in [-0.2, -0.15) is 4.90 Å². The van der Waals surface area contributed by atoms with Gasteiger partial charge < -0.3 is 16.1 Å². The summed E-state index contributed by atoms with van der Waals surface area (Å²) in [6, 6.07) is 4.96. The van der Waals surface area contributed by atoms with Crippen LogP contribution in [-0.2, 0) is 0 Å². The number of nitro groups is 1. The molecule has 3 rings (SSSR count). The van der Waals surface area contributed by atoms with Crippen molar-refractivity contribution >= 4 is 17.1 Å². The Morgan fingerprint density at radius 3 is 2.62 bits per heavy atom. The van der Waals surface area contributed by atoms with Gasteiger partial charge in [0.2, 0.25) is 5.71 Å². The number of H-pyrrole nitrogens is 1. The first kappa shape index (κ1) is 15.4. The molecule has 0 spiro atoms. The number of allylic oxidation sites excluding steroid dienone is 1. The predicted octanol–water partition coefficient (Wildman–Crippen LogP) is -0.0838. The standard InChI is InChI=1S/C13H11N5O6/c1-6-4-7(14)2-3-8(6)11-9(16(19)20)5-10(17(21)22)12-13(11)18(23)24-15-12/h2-5,11,15H,14H2,1H3/p+1. The first-order valence-corrected chi connectivity index (χ1v) is 6.76. The van der Waals surface area contributed by atoms with Crippen molar-refractivity contribution in [2.75, 3.05) is 0 Å². The van der Waals surface area contributed by atoms with Gasteiger partial charge in [0, 0.05) is 6.07 Å². The van der Waals surface area contributed by atoms with Crippen molar-refractivity contribution in [1.29, 1.82) is 0 Å². The summed E-state index contributed by atoms with van der Waals surface area (Å²) in [6.07, 6.45) is 0.844. The molecule has 1 aliphatic rings. The highest BCUT2D eigenvalue weighted by molar-refractivity contribution is 6.05. The molecular weight excluding hydrogens is 322 g/mol. The van der Waals surface area contributed by atoms with Gasteiger partial charge in [0.05, 0.1) is 11.0 Å². The lowest BCUT2D eigenvalue weighted by molar-refractivity contribution is -0.719. The number of benzene rings is 1. The van der Waals surface area contributed by atoms with Gasteiger partial charge >= 0.3 is 5.70 Å². The third-order valence-corrected chi connectivity index (χ3v) is 3.85. The quantitative estimate of drug-likeness (QED) is 0.441. The fourth-order valence-corrected chi connectivity index (χ4v) is 2.82. The zero-order chi connectivity index (χ0) is 17.6. The van der Waals surface area contributed by atoms with Crippen molar-refractivity contribution in [3.05, 3.63) is 72.2 Å². The van der Waals surface area contributed by atoms with E-state index < -0.39 is 27.2 Å². The molecule has 24 heavy (non-hydrogen) atoms. The van der Waals surface area contributed by atoms with Crippen LogP contribution in [0.25, 0.3) is 5.70 Å². The molecule has 0 saturated heterocycles. The number of fused-ring (bicyclic) bond motifs is 1. The monoisotopic (exact) mass is 334 g/mol. The molecule has 0 radical (unpaired) electrons. The maximum atomic E-state index is 12.0. The normalized spacial score (nSPS) is 16.5. The summed E-state index contributed by atoms with van der Waals surface area (Å²) in [5.41, 5.74) is 4.11. The van der Waals surface area contributed by atoms with Crippen LogP contribution in [0.4, 0.5) is 5.69 Å². The zero-order valence-electron chi connectivity index (χ0n) is 12.4. The summed E-state index contributed by atoms with van der Waals surface area (Å²) in [5.74, 6) is -1.10. The van der Waals surface area contributed by atoms with Crippen molar-refractivity contribution in [2.24, 2.45) is 0 Å². The van der Waals surface area contributed by atoms with Crippen LogP contribution in [0.1, 0.15) is 28.4 Å². The Balaban J connectivity index is 2.36. The Morgan fingerprint density at radius 2 is 2.04 bits per heavy atom. The van der Waals surface area contributed by atoms with Gasteiger partial charge in [-0.25, -0.2) is 0 Å². The van der Waals surface area contributed by atoms with Crippen LogP contribution in [0.5, 0.6) is 0 Å². The lowest BCUT2D eigenvalue weighted by atomic mass is 9.83. The Labute approximate surface area is 133 Å². The van der Waals surface area contributed by atoms with E-state index in [1.165, 1.54) is 0 Å². The zero-order valence-corrected chi connectivity index (χ0v) is 12.4. The second-order valence-corrected chi connectivity index (χ2v) is 5.30. The van der Waals surface area contributed by atoms with Gasteiger partial charge in [-0.3, -0.25) is 10.1 Å². The Bertz CT molecular complexity index is 965. The highest BCUT2D eigenvalue weighted by atomic mass is 16.8. The third-order valence-electron chi connectivity index (χ3n) is 3.85. The minimum atomic E-state index is -1.10. The van der Waals surface area contributed by atoms with Crippen molar-refractivity contribution in [1.82, 2.24) is 5.16 Å². The van der Waals surface area contributed by atoms with E-state index in [1.54, 1.807) is 25.1 Å². The third kappa shape index (κ3) is 2.23. The van der Waals surface area contributed by atoms with Gasteiger partial charge in [0.25, 0.3) is 11.4 Å². The van der Waals surface area contributed by atoms with Crippen LogP contribution in [0, 0.1) is 32.4 Å². The molecule has 2 aromatic rings. The van der Waals surface area contributed by atoms with Crippen LogP contribution in [0.3, 0.4) is 0 Å². The van der Waals surface area contributed by atoms with E-state index in [2.05, 4.69) is 15.5 Å². The van der Waals surface area contributed by atoms with E-state index in [9.17, 15) is 25.4 Å². The van der Waals surface area contributed by atoms with Gasteiger partial charge in [-0.1, -0.05) is 15.9 Å². The van der Waals surface area contributed by atoms with E-state index in [-0.39, 0.29) is 16.0 Å². The Kier molecular flexibility index (Phi) is 3.41. The van der Waals surface area contributed by atoms with Crippen molar-refractivity contribution in [2.45, 2.75) is 12.8 Å². The highest BCUT2D eigenvalue weighted by Crippen LogP contribution is 2.36. The Morgan fingerprint density at radius 1 is 1.33 bits per heavy atom. The summed E-state index contributed by atoms with van der Waals surface area (Å²) in [4.78, 5) is 21.6. The minimum absolute atomic E-state index is 0.0253. The molecule has 11 nitrogen and oxygen atoms in total. The fourth-order valence-electron chi connectivity index (χ4n) is 2.82. The van der Waals surface area contributed by atoms with Crippen LogP contribution < -0.4 is 10.3 Å². The number of quaternary nitrogens is 1. The van der Waals surface area contributed by atoms with E-state index in [1.807, 2.05) is 0 Å². The number of aromatic amines is 1. The van der Waals surface area contributed by atoms with Gasteiger partial charge in [-0.05, 0) is 29.0 Å². The summed E-state index contributed by atoms with van der Waals surface area (Å²) >= 11 is 0. The van der Waals surface area contributed by atoms with Gasteiger partial charge in [0.1, 0.15) is 11.6 Å². The summed E-state index contributed by atoms with van der Waals surface area (Å²) in [6.45, 7) is 1.72. The topological polar surface area (TPSA) is 172 Å². The van der Waals surface area contributed by atoms with Gasteiger partial charge in [0.15, 0.2) is 4.60 Å². The highest BCUT2D eigenvalue weighted by Gasteiger charge is 2.47. The molecular formula is C13H12N5O6+. The molecule has 11 heteroatoms. The van der Waals surface area contributed by atoms with Crippen molar-refractivity contribution < 1.29 is 24.8 Å². The van der Waals surface area contributed by atoms with E-state index in [0.29, 0.717) is 16.8 Å². The van der Waals surface area contributed by atoms with Crippen molar-refractivity contribution in [3.8, 4) is 0 Å². The molecule has 124 valence electrons. The maximum absolute atomic E-state index is 12.0. The average molecular weight is 334 g/mol. The van der Waals surface area contributed by atoms with Crippen molar-refractivity contribution in [3.63, 3.8) is 0 Å². The maximum Gasteiger partial charge on any atom is 0.329 e. The van der Waals surface area contributed by atoms with Crippen LogP contribution >= 0.6 is 0 Å². The van der Waals surface area contributed by atoms with Gasteiger partial charge in [-0.15, -0.1) is 0 Å². The number of nitrogens with one attached hydrogen (secondary N) is 1. The summed E-state index contributed by atoms with van der Waals surface area (Å²) < 4.78 is 4.61. The number of rotatable bonds is 2. The number of aromatic nitrogens is 2. The molecule has 1 unspecified atom stereocenters. The fraction of sp³-hybridized carbons (Fsp3) is 0.154. The molecule has 1 aromatic heterocycles. The molecule has 1 heterocycles. The Hall–Kier alpha value is -3.47. The van der Waals surface area contributed by atoms with E-state index >= 15 is 0 Å². The molecule has 4 N–H and O–H groups in total. The first-order valence-electron chi connectivity index (χ1n) is 6.76. The molecule has 1 atom stereocenters. The molecule has 0 fully saturated rings. The van der Waals surface area contributed by atoms with E-state index in [4.69, 9.17) is 0 Å². The van der Waals surface area contributed by atoms with E-state index in [0.717, 1.165) is 6.08 Å². The SMILES string of the molecule is Cc1cc([NH3+])ccc1C1C(=[N+]([O-])[O-])C=C([N+](=O)[O-])c2[nH]o[n+](=O)c21. The second-order valence-electron chi connectivity index (χ2n) is 5.30. The number of nitrogens with zero attached hydrogens (tertiary/aromatic N) is 3. The molecule has 0 aliphatic heterocycles. The second kappa shape index (κ2) is 5.31. The number of hydrogen-bond donors (Lipinski definition) is 2. The van der Waals surface area contributed by atoms with Crippen LogP contribution in [-0.4, -0.2) is 20.7 Å².